The molecule has 1 N–H and O–H groups in total. The fourth-order valence-corrected chi connectivity index (χ4v) is 5.45. The first kappa shape index (κ1) is 27.5. The number of halogens is 1. The summed E-state index contributed by atoms with van der Waals surface area (Å²) in [5.41, 5.74) is 4.87. The van der Waals surface area contributed by atoms with Gasteiger partial charge in [-0.1, -0.05) is 65.7 Å². The standard InChI is InChI=1S/C32H39ClN6/c1-24-9-11-25(12-10-24)31(26-13-15-27(33)16-14-26)39-21-19-38(20-22-39)23-30-35-29-8-5-4-7-28(29)32(36-30)34-17-6-18-37(2)3/h4-5,7-16,31H,6,17-23H2,1-3H3,(H,34,35,36). The monoisotopic (exact) mass is 542 g/mol. The molecule has 3 aromatic carbocycles. The zero-order chi connectivity index (χ0) is 27.2. The van der Waals surface area contributed by atoms with Gasteiger partial charge in [0.15, 0.2) is 0 Å². The van der Waals surface area contributed by atoms with Crippen molar-refractivity contribution in [2.45, 2.75) is 25.9 Å². The van der Waals surface area contributed by atoms with E-state index in [1.54, 1.807) is 0 Å². The Morgan fingerprint density at radius 2 is 1.54 bits per heavy atom. The van der Waals surface area contributed by atoms with Gasteiger partial charge in [0.1, 0.15) is 11.6 Å². The Kier molecular flexibility index (Phi) is 9.09. The smallest absolute Gasteiger partial charge is 0.145 e. The number of hydrogen-bond acceptors (Lipinski definition) is 6. The van der Waals surface area contributed by atoms with E-state index in [1.165, 1.54) is 16.7 Å². The van der Waals surface area contributed by atoms with Crippen molar-refractivity contribution in [3.63, 3.8) is 0 Å². The zero-order valence-corrected chi connectivity index (χ0v) is 24.0. The van der Waals surface area contributed by atoms with Crippen molar-refractivity contribution < 1.29 is 0 Å². The molecule has 39 heavy (non-hydrogen) atoms. The molecular formula is C32H39ClN6. The van der Waals surface area contributed by atoms with Crippen LogP contribution in [0.15, 0.2) is 72.8 Å². The Morgan fingerprint density at radius 3 is 2.23 bits per heavy atom. The number of aromatic nitrogens is 2. The second-order valence-corrected chi connectivity index (χ2v) is 11.2. The number of benzene rings is 3. The molecule has 1 aliphatic heterocycles. The fourth-order valence-electron chi connectivity index (χ4n) is 5.32. The number of rotatable bonds is 10. The Morgan fingerprint density at radius 1 is 0.872 bits per heavy atom. The Hall–Kier alpha value is -3.03. The van der Waals surface area contributed by atoms with Crippen LogP contribution in [0.5, 0.6) is 0 Å². The summed E-state index contributed by atoms with van der Waals surface area (Å²) in [6.07, 6.45) is 1.07. The van der Waals surface area contributed by atoms with Crippen LogP contribution in [0, 0.1) is 6.92 Å². The first-order chi connectivity index (χ1) is 19.0. The second-order valence-electron chi connectivity index (χ2n) is 10.8. The highest BCUT2D eigenvalue weighted by Crippen LogP contribution is 2.31. The lowest BCUT2D eigenvalue weighted by Gasteiger charge is -2.39. The summed E-state index contributed by atoms with van der Waals surface area (Å²) in [5, 5.41) is 5.43. The summed E-state index contributed by atoms with van der Waals surface area (Å²) in [6, 6.07) is 25.8. The zero-order valence-electron chi connectivity index (χ0n) is 23.3. The topological polar surface area (TPSA) is 47.5 Å². The Balaban J connectivity index is 1.28. The molecule has 0 spiro atoms. The highest BCUT2D eigenvalue weighted by Gasteiger charge is 2.27. The molecule has 6 nitrogen and oxygen atoms in total. The van der Waals surface area contributed by atoms with Gasteiger partial charge in [-0.2, -0.15) is 0 Å². The van der Waals surface area contributed by atoms with Gasteiger partial charge in [-0.3, -0.25) is 9.80 Å². The largest absolute Gasteiger partial charge is 0.369 e. The van der Waals surface area contributed by atoms with E-state index in [4.69, 9.17) is 21.6 Å². The maximum Gasteiger partial charge on any atom is 0.145 e. The van der Waals surface area contributed by atoms with Crippen LogP contribution in [0.1, 0.15) is 35.0 Å². The minimum absolute atomic E-state index is 0.208. The molecule has 1 aliphatic rings. The Bertz CT molecular complexity index is 1300. The number of nitrogens with zero attached hydrogens (tertiary/aromatic N) is 5. The maximum absolute atomic E-state index is 6.22. The van der Waals surface area contributed by atoms with Crippen molar-refractivity contribution in [3.8, 4) is 0 Å². The molecule has 5 rings (SSSR count). The van der Waals surface area contributed by atoms with Gasteiger partial charge in [0, 0.05) is 43.1 Å². The molecule has 2 heterocycles. The number of hydrogen-bond donors (Lipinski definition) is 1. The first-order valence-electron chi connectivity index (χ1n) is 13.9. The van der Waals surface area contributed by atoms with Gasteiger partial charge in [0.2, 0.25) is 0 Å². The van der Waals surface area contributed by atoms with Crippen molar-refractivity contribution >= 4 is 28.3 Å². The molecular weight excluding hydrogens is 504 g/mol. The highest BCUT2D eigenvalue weighted by molar-refractivity contribution is 6.30. The van der Waals surface area contributed by atoms with Crippen LogP contribution in [0.25, 0.3) is 10.9 Å². The molecule has 0 radical (unpaired) electrons. The predicted octanol–water partition coefficient (Wildman–Crippen LogP) is 5.86. The minimum atomic E-state index is 0.208. The van der Waals surface area contributed by atoms with Crippen LogP contribution in [-0.2, 0) is 6.54 Å². The summed E-state index contributed by atoms with van der Waals surface area (Å²) in [4.78, 5) is 17.2. The summed E-state index contributed by atoms with van der Waals surface area (Å²) in [5.74, 6) is 1.82. The van der Waals surface area contributed by atoms with E-state index in [-0.39, 0.29) is 6.04 Å². The van der Waals surface area contributed by atoms with Crippen molar-refractivity contribution in [2.24, 2.45) is 0 Å². The lowest BCUT2D eigenvalue weighted by atomic mass is 9.95. The molecule has 0 amide bonds. The molecule has 4 aromatic rings. The summed E-state index contributed by atoms with van der Waals surface area (Å²) in [7, 11) is 4.22. The van der Waals surface area contributed by atoms with Crippen LogP contribution in [0.3, 0.4) is 0 Å². The minimum Gasteiger partial charge on any atom is -0.369 e. The highest BCUT2D eigenvalue weighted by atomic mass is 35.5. The van der Waals surface area contributed by atoms with Crippen LogP contribution in [0.4, 0.5) is 5.82 Å². The van der Waals surface area contributed by atoms with E-state index in [0.717, 1.165) is 79.8 Å². The van der Waals surface area contributed by atoms with Crippen LogP contribution < -0.4 is 5.32 Å². The molecule has 0 bridgehead atoms. The van der Waals surface area contributed by atoms with Crippen LogP contribution in [0.2, 0.25) is 5.02 Å². The number of aryl methyl sites for hydroxylation is 1. The van der Waals surface area contributed by atoms with Gasteiger partial charge < -0.3 is 10.2 Å². The average molecular weight is 543 g/mol. The quantitative estimate of drug-likeness (QED) is 0.253. The van der Waals surface area contributed by atoms with Crippen molar-refractivity contribution in [3.05, 3.63) is 100 Å². The molecule has 1 fully saturated rings. The summed E-state index contributed by atoms with van der Waals surface area (Å²) >= 11 is 6.22. The van der Waals surface area contributed by atoms with Crippen molar-refractivity contribution in [1.29, 1.82) is 0 Å². The molecule has 0 saturated carbocycles. The molecule has 204 valence electrons. The lowest BCUT2D eigenvalue weighted by Crippen LogP contribution is -2.47. The second kappa shape index (κ2) is 12.9. The van der Waals surface area contributed by atoms with Crippen LogP contribution >= 0.6 is 11.6 Å². The van der Waals surface area contributed by atoms with E-state index >= 15 is 0 Å². The van der Waals surface area contributed by atoms with Gasteiger partial charge in [0.05, 0.1) is 18.1 Å². The summed E-state index contributed by atoms with van der Waals surface area (Å²) in [6.45, 7) is 8.72. The van der Waals surface area contributed by atoms with Gasteiger partial charge in [0.25, 0.3) is 0 Å². The van der Waals surface area contributed by atoms with E-state index < -0.39 is 0 Å². The fraction of sp³-hybridized carbons (Fsp3) is 0.375. The predicted molar refractivity (Wildman–Crippen MR) is 163 cm³/mol. The number of anilines is 1. The van der Waals surface area contributed by atoms with Crippen LogP contribution in [-0.4, -0.2) is 78.0 Å². The van der Waals surface area contributed by atoms with E-state index in [2.05, 4.69) is 102 Å². The molecule has 1 saturated heterocycles. The number of fused-ring (bicyclic) bond motifs is 1. The number of piperazine rings is 1. The maximum atomic E-state index is 6.22. The molecule has 1 atom stereocenters. The third-order valence-corrected chi connectivity index (χ3v) is 7.69. The van der Waals surface area contributed by atoms with Gasteiger partial charge >= 0.3 is 0 Å². The SMILES string of the molecule is Cc1ccc(C(c2ccc(Cl)cc2)N2CCN(Cc3nc(NCCCN(C)C)c4ccccc4n3)CC2)cc1. The number of nitrogens with one attached hydrogen (secondary N) is 1. The third kappa shape index (κ3) is 7.14. The molecule has 1 unspecified atom stereocenters. The van der Waals surface area contributed by atoms with Gasteiger partial charge in [-0.05, 0) is 69.4 Å². The van der Waals surface area contributed by atoms with Gasteiger partial charge in [-0.15, -0.1) is 0 Å². The van der Waals surface area contributed by atoms with Gasteiger partial charge in [-0.25, -0.2) is 9.97 Å². The first-order valence-corrected chi connectivity index (χ1v) is 14.3. The van der Waals surface area contributed by atoms with E-state index in [9.17, 15) is 0 Å². The summed E-state index contributed by atoms with van der Waals surface area (Å²) < 4.78 is 0. The molecule has 0 aliphatic carbocycles. The van der Waals surface area contributed by atoms with Crippen molar-refractivity contribution in [1.82, 2.24) is 24.7 Å². The number of para-hydroxylation sites is 1. The van der Waals surface area contributed by atoms with E-state index in [1.807, 2.05) is 12.1 Å². The molecule has 1 aromatic heterocycles. The Labute approximate surface area is 237 Å². The third-order valence-electron chi connectivity index (χ3n) is 7.44. The lowest BCUT2D eigenvalue weighted by molar-refractivity contribution is 0.103. The average Bonchev–Trinajstić information content (AvgIpc) is 2.94. The molecule has 7 heteroatoms. The normalized spacial score (nSPS) is 15.6. The van der Waals surface area contributed by atoms with Crippen molar-refractivity contribution in [2.75, 3.05) is 58.7 Å². The van der Waals surface area contributed by atoms with E-state index in [0.29, 0.717) is 0 Å².